The summed E-state index contributed by atoms with van der Waals surface area (Å²) in [6.07, 6.45) is 60.5. The van der Waals surface area contributed by atoms with Crippen LogP contribution in [0.1, 0.15) is 245 Å². The van der Waals surface area contributed by atoms with Gasteiger partial charge in [0.05, 0.1) is 39.9 Å². The van der Waals surface area contributed by atoms with Crippen molar-refractivity contribution in [2.75, 3.05) is 40.9 Å². The van der Waals surface area contributed by atoms with Gasteiger partial charge >= 0.3 is 0 Å². The summed E-state index contributed by atoms with van der Waals surface area (Å²) in [5.74, 6) is -0.220. The molecule has 376 valence electrons. The summed E-state index contributed by atoms with van der Waals surface area (Å²) in [5.41, 5.74) is 0. The van der Waals surface area contributed by atoms with Crippen LogP contribution in [0.25, 0.3) is 0 Å². The van der Waals surface area contributed by atoms with Crippen LogP contribution in [-0.4, -0.2) is 68.5 Å². The first-order chi connectivity index (χ1) is 31.0. The minimum absolute atomic E-state index is 0.0113. The van der Waals surface area contributed by atoms with Crippen LogP contribution in [0.5, 0.6) is 0 Å². The van der Waals surface area contributed by atoms with Gasteiger partial charge in [0.15, 0.2) is 0 Å². The number of phosphoric ester groups is 1. The monoisotopic (exact) mass is 921 g/mol. The van der Waals surface area contributed by atoms with Crippen molar-refractivity contribution in [2.24, 2.45) is 0 Å². The second-order valence-electron chi connectivity index (χ2n) is 19.6. The Bertz CT molecular complexity index is 1180. The van der Waals surface area contributed by atoms with Gasteiger partial charge in [-0.3, -0.25) is 9.36 Å². The summed E-state index contributed by atoms with van der Waals surface area (Å²) >= 11 is 0. The van der Waals surface area contributed by atoms with Gasteiger partial charge in [-0.25, -0.2) is 0 Å². The van der Waals surface area contributed by atoms with Crippen LogP contribution in [0.2, 0.25) is 0 Å². The molecular weight excluding hydrogens is 816 g/mol. The van der Waals surface area contributed by atoms with Crippen molar-refractivity contribution in [1.29, 1.82) is 0 Å². The molecule has 0 aromatic heterocycles. The minimum atomic E-state index is -4.61. The number of unbranched alkanes of at least 4 members (excludes halogenated alkanes) is 30. The second kappa shape index (κ2) is 46.6. The van der Waals surface area contributed by atoms with Crippen LogP contribution < -0.4 is 10.2 Å². The van der Waals surface area contributed by atoms with Crippen molar-refractivity contribution in [1.82, 2.24) is 5.32 Å². The Morgan fingerprint density at radius 1 is 0.531 bits per heavy atom. The van der Waals surface area contributed by atoms with E-state index in [1.54, 1.807) is 6.08 Å². The minimum Gasteiger partial charge on any atom is -0.756 e. The summed E-state index contributed by atoms with van der Waals surface area (Å²) < 4.78 is 23.3. The highest BCUT2D eigenvalue weighted by Crippen LogP contribution is 2.38. The standard InChI is InChI=1S/C55H105N2O6P/c1-6-8-10-12-14-16-18-20-22-23-24-25-26-27-28-29-30-31-32-33-35-36-38-40-42-44-46-48-54(58)53(52-63-64(60,61)62-51-50-57(3,4)5)56-55(59)49-47-45-43-41-39-37-34-21-19-17-15-13-11-9-7-2/h21,32-34,38,40,46,48,53-54,58H,6-20,22-31,35-37,39,41-45,47,49-52H2,1-5H3,(H-,56,59,60,61)/b33-32+,34-21-,40-38+,48-46+. The number of carbonyl (C=O) groups excluding carboxylic acids is 1. The molecule has 0 aliphatic carbocycles. The SMILES string of the molecule is CCCCCCCC/C=C\CCCCCCCC(=O)NC(COP(=O)([O-])OCC[N+](C)(C)C)C(O)/C=C/CC/C=C/CC/C=C/CCCCCCCCCCCCCCCCCCC. The highest BCUT2D eigenvalue weighted by Gasteiger charge is 2.23. The van der Waals surface area contributed by atoms with Gasteiger partial charge < -0.3 is 28.8 Å². The first kappa shape index (κ1) is 62.5. The number of amides is 1. The van der Waals surface area contributed by atoms with E-state index in [1.807, 2.05) is 27.2 Å². The van der Waals surface area contributed by atoms with Gasteiger partial charge in [-0.2, -0.15) is 0 Å². The summed E-state index contributed by atoms with van der Waals surface area (Å²) in [6, 6.07) is -0.914. The number of nitrogens with zero attached hydrogens (tertiary/aromatic N) is 1. The zero-order chi connectivity index (χ0) is 47.1. The van der Waals surface area contributed by atoms with E-state index in [2.05, 4.69) is 55.6 Å². The van der Waals surface area contributed by atoms with E-state index >= 15 is 0 Å². The quantitative estimate of drug-likeness (QED) is 0.0272. The first-order valence-electron chi connectivity index (χ1n) is 27.0. The summed E-state index contributed by atoms with van der Waals surface area (Å²) in [5, 5.41) is 13.8. The molecule has 0 aromatic rings. The van der Waals surface area contributed by atoms with Crippen molar-refractivity contribution in [2.45, 2.75) is 257 Å². The molecule has 0 heterocycles. The van der Waals surface area contributed by atoms with E-state index in [9.17, 15) is 19.4 Å². The lowest BCUT2D eigenvalue weighted by atomic mass is 10.0. The Morgan fingerprint density at radius 3 is 1.27 bits per heavy atom. The average molecular weight is 921 g/mol. The predicted octanol–water partition coefficient (Wildman–Crippen LogP) is 15.3. The van der Waals surface area contributed by atoms with E-state index < -0.39 is 26.6 Å². The number of allylic oxidation sites excluding steroid dienone is 7. The predicted molar refractivity (Wildman–Crippen MR) is 274 cm³/mol. The number of carbonyl (C=O) groups is 1. The second-order valence-corrected chi connectivity index (χ2v) is 21.0. The number of aliphatic hydroxyl groups excluding tert-OH is 1. The number of quaternary nitrogens is 1. The van der Waals surface area contributed by atoms with Gasteiger partial charge in [0.2, 0.25) is 5.91 Å². The zero-order valence-electron chi connectivity index (χ0n) is 42.7. The molecule has 64 heavy (non-hydrogen) atoms. The van der Waals surface area contributed by atoms with Gasteiger partial charge in [0.25, 0.3) is 7.82 Å². The molecule has 3 atom stereocenters. The molecule has 0 bridgehead atoms. The molecule has 0 radical (unpaired) electrons. The molecule has 8 nitrogen and oxygen atoms in total. The van der Waals surface area contributed by atoms with Crippen molar-refractivity contribution in [3.8, 4) is 0 Å². The fourth-order valence-corrected chi connectivity index (χ4v) is 8.43. The summed E-state index contributed by atoms with van der Waals surface area (Å²) in [4.78, 5) is 25.4. The van der Waals surface area contributed by atoms with Crippen molar-refractivity contribution in [3.63, 3.8) is 0 Å². The van der Waals surface area contributed by atoms with E-state index in [0.717, 1.165) is 64.2 Å². The Morgan fingerprint density at radius 2 is 0.875 bits per heavy atom. The Labute approximate surface area is 397 Å². The largest absolute Gasteiger partial charge is 0.756 e. The third-order valence-electron chi connectivity index (χ3n) is 12.0. The van der Waals surface area contributed by atoms with Crippen LogP contribution in [-0.2, 0) is 18.4 Å². The number of aliphatic hydroxyl groups is 1. The number of phosphoric acid groups is 1. The fraction of sp³-hybridized carbons (Fsp3) is 0.836. The van der Waals surface area contributed by atoms with Crippen LogP contribution in [0.15, 0.2) is 48.6 Å². The number of rotatable bonds is 49. The van der Waals surface area contributed by atoms with Crippen molar-refractivity contribution in [3.05, 3.63) is 48.6 Å². The molecule has 0 saturated heterocycles. The number of likely N-dealkylation sites (N-methyl/N-ethyl adjacent to an activating group) is 1. The highest BCUT2D eigenvalue weighted by atomic mass is 31.2. The van der Waals surface area contributed by atoms with Gasteiger partial charge in [-0.15, -0.1) is 0 Å². The fourth-order valence-electron chi connectivity index (χ4n) is 7.71. The number of hydrogen-bond acceptors (Lipinski definition) is 6. The van der Waals surface area contributed by atoms with Crippen molar-refractivity contribution >= 4 is 13.7 Å². The lowest BCUT2D eigenvalue weighted by molar-refractivity contribution is -0.870. The van der Waals surface area contributed by atoms with Gasteiger partial charge in [0, 0.05) is 6.42 Å². The molecule has 0 saturated carbocycles. The van der Waals surface area contributed by atoms with E-state index in [1.165, 1.54) is 161 Å². The van der Waals surface area contributed by atoms with E-state index in [-0.39, 0.29) is 12.5 Å². The van der Waals surface area contributed by atoms with Gasteiger partial charge in [-0.05, 0) is 70.6 Å². The Hall–Kier alpha value is -1.54. The van der Waals surface area contributed by atoms with Gasteiger partial charge in [-0.1, -0.05) is 217 Å². The van der Waals surface area contributed by atoms with Crippen LogP contribution in [0.3, 0.4) is 0 Å². The van der Waals surface area contributed by atoms with Crippen LogP contribution >= 0.6 is 7.82 Å². The molecule has 1 amide bonds. The molecule has 0 fully saturated rings. The molecule has 0 aromatic carbocycles. The summed E-state index contributed by atoms with van der Waals surface area (Å²) in [7, 11) is 1.23. The van der Waals surface area contributed by atoms with Gasteiger partial charge in [0.1, 0.15) is 13.2 Å². The molecule has 2 N–H and O–H groups in total. The third-order valence-corrected chi connectivity index (χ3v) is 13.0. The molecule has 0 aliphatic rings. The Balaban J connectivity index is 4.30. The maximum Gasteiger partial charge on any atom is 0.268 e. The smallest absolute Gasteiger partial charge is 0.268 e. The van der Waals surface area contributed by atoms with Crippen LogP contribution in [0, 0.1) is 0 Å². The summed E-state index contributed by atoms with van der Waals surface area (Å²) in [6.45, 7) is 4.62. The molecule has 0 spiro atoms. The molecule has 0 rings (SSSR count). The molecule has 0 aliphatic heterocycles. The van der Waals surface area contributed by atoms with E-state index in [4.69, 9.17) is 9.05 Å². The normalized spacial score (nSPS) is 14.4. The average Bonchev–Trinajstić information content (AvgIpc) is 3.25. The molecule has 9 heteroatoms. The molecule has 3 unspecified atom stereocenters. The number of hydrogen-bond donors (Lipinski definition) is 2. The highest BCUT2D eigenvalue weighted by molar-refractivity contribution is 7.45. The number of nitrogens with one attached hydrogen (secondary N) is 1. The third kappa shape index (κ3) is 48.4. The zero-order valence-corrected chi connectivity index (χ0v) is 43.6. The first-order valence-corrected chi connectivity index (χ1v) is 28.5. The lowest BCUT2D eigenvalue weighted by Gasteiger charge is -2.29. The van der Waals surface area contributed by atoms with E-state index in [0.29, 0.717) is 17.4 Å². The van der Waals surface area contributed by atoms with Crippen LogP contribution in [0.4, 0.5) is 0 Å². The maximum absolute atomic E-state index is 12.9. The topological polar surface area (TPSA) is 108 Å². The molecular formula is C55H105N2O6P. The maximum atomic E-state index is 12.9. The Kier molecular flexibility index (Phi) is 45.4. The lowest BCUT2D eigenvalue weighted by Crippen LogP contribution is -2.45. The van der Waals surface area contributed by atoms with Crippen molar-refractivity contribution < 1.29 is 32.9 Å².